The highest BCUT2D eigenvalue weighted by atomic mass is 16.1. The molecule has 4 heteroatoms. The smallest absolute Gasteiger partial charge is 0.304 e. The lowest BCUT2D eigenvalue weighted by Crippen LogP contribution is -2.31. The van der Waals surface area contributed by atoms with Gasteiger partial charge >= 0.3 is 5.69 Å². The lowest BCUT2D eigenvalue weighted by atomic mass is 10.1. The standard InChI is InChI=1S/C10H13N3O/c1-10(2,3)13-8-4-5-11-6-7(8)12-9(13)14/h4-6H,1-3H3,(H,12,14). The molecule has 2 aromatic rings. The third kappa shape index (κ3) is 1.23. The minimum absolute atomic E-state index is 0.0829. The molecule has 0 bridgehead atoms. The van der Waals surface area contributed by atoms with Crippen molar-refractivity contribution in [2.24, 2.45) is 0 Å². The first-order valence-corrected chi connectivity index (χ1v) is 4.55. The maximum atomic E-state index is 11.7. The van der Waals surface area contributed by atoms with Crippen molar-refractivity contribution >= 4 is 11.0 Å². The molecule has 0 amide bonds. The topological polar surface area (TPSA) is 50.7 Å². The van der Waals surface area contributed by atoms with Gasteiger partial charge in [0.2, 0.25) is 0 Å². The zero-order chi connectivity index (χ0) is 10.3. The third-order valence-electron chi connectivity index (χ3n) is 2.15. The predicted octanol–water partition coefficient (Wildman–Crippen LogP) is 1.48. The molecule has 0 atom stereocenters. The minimum atomic E-state index is -0.212. The molecular weight excluding hydrogens is 178 g/mol. The Morgan fingerprint density at radius 3 is 2.79 bits per heavy atom. The molecule has 2 aromatic heterocycles. The summed E-state index contributed by atoms with van der Waals surface area (Å²) in [4.78, 5) is 18.4. The monoisotopic (exact) mass is 191 g/mol. The van der Waals surface area contributed by atoms with Crippen LogP contribution in [0.5, 0.6) is 0 Å². The van der Waals surface area contributed by atoms with Gasteiger partial charge in [-0.05, 0) is 26.8 Å². The number of fused-ring (bicyclic) bond motifs is 1. The van der Waals surface area contributed by atoms with Gasteiger partial charge in [-0.2, -0.15) is 0 Å². The fourth-order valence-electron chi connectivity index (χ4n) is 1.62. The van der Waals surface area contributed by atoms with E-state index >= 15 is 0 Å². The highest BCUT2D eigenvalue weighted by molar-refractivity contribution is 5.73. The molecule has 0 unspecified atom stereocenters. The Morgan fingerprint density at radius 2 is 2.14 bits per heavy atom. The lowest BCUT2D eigenvalue weighted by Gasteiger charge is -2.20. The van der Waals surface area contributed by atoms with E-state index in [1.54, 1.807) is 17.0 Å². The number of pyridine rings is 1. The number of aromatic nitrogens is 3. The average Bonchev–Trinajstić information content (AvgIpc) is 2.38. The van der Waals surface area contributed by atoms with Crippen LogP contribution in [0.1, 0.15) is 20.8 Å². The van der Waals surface area contributed by atoms with Crippen LogP contribution in [-0.2, 0) is 5.54 Å². The van der Waals surface area contributed by atoms with E-state index in [4.69, 9.17) is 0 Å². The van der Waals surface area contributed by atoms with Gasteiger partial charge in [0.15, 0.2) is 0 Å². The number of nitrogens with zero attached hydrogens (tertiary/aromatic N) is 2. The minimum Gasteiger partial charge on any atom is -0.304 e. The van der Waals surface area contributed by atoms with Gasteiger partial charge in [0.1, 0.15) is 0 Å². The van der Waals surface area contributed by atoms with Gasteiger partial charge in [-0.1, -0.05) is 0 Å². The number of hydrogen-bond acceptors (Lipinski definition) is 2. The van der Waals surface area contributed by atoms with Crippen molar-refractivity contribution in [1.82, 2.24) is 14.5 Å². The van der Waals surface area contributed by atoms with E-state index < -0.39 is 0 Å². The zero-order valence-corrected chi connectivity index (χ0v) is 8.53. The number of hydrogen-bond donors (Lipinski definition) is 1. The second-order valence-corrected chi connectivity index (χ2v) is 4.33. The molecule has 1 N–H and O–H groups in total. The van der Waals surface area contributed by atoms with Gasteiger partial charge in [0.05, 0.1) is 17.2 Å². The molecule has 14 heavy (non-hydrogen) atoms. The number of nitrogens with one attached hydrogen (secondary N) is 1. The van der Waals surface area contributed by atoms with Gasteiger partial charge in [-0.25, -0.2) is 4.79 Å². The summed E-state index contributed by atoms with van der Waals surface area (Å²) in [5, 5.41) is 0. The van der Waals surface area contributed by atoms with Crippen molar-refractivity contribution in [2.45, 2.75) is 26.3 Å². The quantitative estimate of drug-likeness (QED) is 0.685. The molecule has 0 aliphatic rings. The Kier molecular flexibility index (Phi) is 1.74. The Morgan fingerprint density at radius 1 is 1.43 bits per heavy atom. The molecule has 0 aliphatic heterocycles. The van der Waals surface area contributed by atoms with Gasteiger partial charge in [-0.15, -0.1) is 0 Å². The fourth-order valence-corrected chi connectivity index (χ4v) is 1.62. The van der Waals surface area contributed by atoms with E-state index in [1.165, 1.54) is 0 Å². The summed E-state index contributed by atoms with van der Waals surface area (Å²) in [5.41, 5.74) is 1.39. The van der Waals surface area contributed by atoms with Crippen LogP contribution in [0.25, 0.3) is 11.0 Å². The molecule has 2 heterocycles. The number of rotatable bonds is 0. The van der Waals surface area contributed by atoms with Crippen molar-refractivity contribution in [1.29, 1.82) is 0 Å². The normalized spacial score (nSPS) is 12.2. The predicted molar refractivity (Wildman–Crippen MR) is 55.3 cm³/mol. The summed E-state index contributed by atoms with van der Waals surface area (Å²) < 4.78 is 1.74. The van der Waals surface area contributed by atoms with Crippen LogP contribution in [0.15, 0.2) is 23.3 Å². The lowest BCUT2D eigenvalue weighted by molar-refractivity contribution is 0.397. The number of H-pyrrole nitrogens is 1. The Hall–Kier alpha value is -1.58. The number of imidazole rings is 1. The first-order chi connectivity index (χ1) is 6.50. The van der Waals surface area contributed by atoms with Gasteiger partial charge in [0, 0.05) is 11.7 Å². The summed E-state index contributed by atoms with van der Waals surface area (Å²) >= 11 is 0. The average molecular weight is 191 g/mol. The van der Waals surface area contributed by atoms with Crippen LogP contribution in [0.3, 0.4) is 0 Å². The SMILES string of the molecule is CC(C)(C)n1c(=O)[nH]c2cnccc21. The fraction of sp³-hybridized carbons (Fsp3) is 0.400. The van der Waals surface area contributed by atoms with Crippen molar-refractivity contribution < 1.29 is 0 Å². The van der Waals surface area contributed by atoms with Gasteiger partial charge < -0.3 is 4.98 Å². The van der Waals surface area contributed by atoms with Crippen LogP contribution < -0.4 is 5.69 Å². The second-order valence-electron chi connectivity index (χ2n) is 4.33. The van der Waals surface area contributed by atoms with Crippen LogP contribution in [0.2, 0.25) is 0 Å². The molecule has 0 aliphatic carbocycles. The van der Waals surface area contributed by atoms with Crippen molar-refractivity contribution in [3.05, 3.63) is 28.9 Å². The molecule has 0 radical (unpaired) electrons. The molecule has 0 fully saturated rings. The molecule has 0 saturated carbocycles. The Balaban J connectivity index is 2.88. The molecule has 2 rings (SSSR count). The van der Waals surface area contributed by atoms with Crippen molar-refractivity contribution in [3.63, 3.8) is 0 Å². The summed E-state index contributed by atoms with van der Waals surface area (Å²) in [5.74, 6) is 0. The van der Waals surface area contributed by atoms with Crippen LogP contribution >= 0.6 is 0 Å². The van der Waals surface area contributed by atoms with Gasteiger partial charge in [-0.3, -0.25) is 9.55 Å². The van der Waals surface area contributed by atoms with E-state index in [-0.39, 0.29) is 11.2 Å². The molecule has 4 nitrogen and oxygen atoms in total. The van der Waals surface area contributed by atoms with Crippen LogP contribution in [-0.4, -0.2) is 14.5 Å². The van der Waals surface area contributed by atoms with Crippen molar-refractivity contribution in [2.75, 3.05) is 0 Å². The van der Waals surface area contributed by atoms with Crippen molar-refractivity contribution in [3.8, 4) is 0 Å². The highest BCUT2D eigenvalue weighted by Crippen LogP contribution is 2.17. The van der Waals surface area contributed by atoms with E-state index in [2.05, 4.69) is 9.97 Å². The number of aromatic amines is 1. The third-order valence-corrected chi connectivity index (χ3v) is 2.15. The van der Waals surface area contributed by atoms with Crippen LogP contribution in [0, 0.1) is 0 Å². The maximum Gasteiger partial charge on any atom is 0.326 e. The van der Waals surface area contributed by atoms with Crippen LogP contribution in [0.4, 0.5) is 0 Å². The second kappa shape index (κ2) is 2.70. The maximum absolute atomic E-state index is 11.7. The Bertz CT molecular complexity index is 516. The summed E-state index contributed by atoms with van der Waals surface area (Å²) in [6.07, 6.45) is 3.36. The van der Waals surface area contributed by atoms with E-state index in [0.29, 0.717) is 0 Å². The molecule has 0 spiro atoms. The highest BCUT2D eigenvalue weighted by Gasteiger charge is 2.18. The molecule has 0 saturated heterocycles. The van der Waals surface area contributed by atoms with E-state index in [1.807, 2.05) is 26.8 Å². The summed E-state index contributed by atoms with van der Waals surface area (Å²) in [6, 6.07) is 1.85. The van der Waals surface area contributed by atoms with E-state index in [9.17, 15) is 4.79 Å². The van der Waals surface area contributed by atoms with Gasteiger partial charge in [0.25, 0.3) is 0 Å². The Labute approximate surface area is 81.6 Å². The summed E-state index contributed by atoms with van der Waals surface area (Å²) in [7, 11) is 0. The first kappa shape index (κ1) is 8.99. The zero-order valence-electron chi connectivity index (χ0n) is 8.53. The molecular formula is C10H13N3O. The summed E-state index contributed by atoms with van der Waals surface area (Å²) in [6.45, 7) is 6.01. The molecule has 74 valence electrons. The largest absolute Gasteiger partial charge is 0.326 e. The first-order valence-electron chi connectivity index (χ1n) is 4.55. The van der Waals surface area contributed by atoms with E-state index in [0.717, 1.165) is 11.0 Å². The molecule has 0 aromatic carbocycles.